The minimum atomic E-state index is -1.07. The Bertz CT molecular complexity index is 749. The smallest absolute Gasteiger partial charge is 0.410 e. The van der Waals surface area contributed by atoms with E-state index in [1.165, 1.54) is 23.0 Å². The molecule has 1 saturated heterocycles. The minimum Gasteiger partial charge on any atom is -0.467 e. The number of methoxy groups -OCH3 is 1. The Kier molecular flexibility index (Phi) is 8.00. The Labute approximate surface area is 171 Å². The maximum absolute atomic E-state index is 13.0. The molecule has 1 fully saturated rings. The zero-order valence-electron chi connectivity index (χ0n) is 16.8. The van der Waals surface area contributed by atoms with Crippen molar-refractivity contribution in [3.8, 4) is 0 Å². The molecule has 1 aromatic carbocycles. The molecule has 1 atom stereocenters. The largest absolute Gasteiger partial charge is 0.467 e. The van der Waals surface area contributed by atoms with Gasteiger partial charge in [-0.25, -0.2) is 9.59 Å². The molecule has 0 spiro atoms. The molecule has 1 aliphatic rings. The van der Waals surface area contributed by atoms with Gasteiger partial charge in [-0.3, -0.25) is 9.69 Å². The van der Waals surface area contributed by atoms with Crippen LogP contribution in [-0.4, -0.2) is 60.1 Å². The number of ether oxygens (including phenoxy) is 2. The first-order chi connectivity index (χ1) is 14.0. The Balaban J connectivity index is 2.09. The van der Waals surface area contributed by atoms with Gasteiger partial charge in [0.2, 0.25) is 5.91 Å². The molecular weight excluding hydrogens is 372 g/mol. The number of carbonyl (C=O) groups excluding carboxylic acids is 3. The molecule has 7 heteroatoms. The zero-order chi connectivity index (χ0) is 21.3. The predicted molar refractivity (Wildman–Crippen MR) is 109 cm³/mol. The van der Waals surface area contributed by atoms with Crippen LogP contribution in [0.15, 0.2) is 55.6 Å². The highest BCUT2D eigenvalue weighted by Gasteiger charge is 2.49. The molecule has 156 valence electrons. The Hall–Kier alpha value is -3.09. The summed E-state index contributed by atoms with van der Waals surface area (Å²) in [5.74, 6) is -0.807. The molecule has 0 radical (unpaired) electrons. The third-order valence-corrected chi connectivity index (χ3v) is 4.98. The maximum atomic E-state index is 13.0. The quantitative estimate of drug-likeness (QED) is 0.471. The molecule has 29 heavy (non-hydrogen) atoms. The van der Waals surface area contributed by atoms with Crippen molar-refractivity contribution in [2.45, 2.75) is 31.4 Å². The average molecular weight is 400 g/mol. The van der Waals surface area contributed by atoms with Crippen LogP contribution in [0.3, 0.4) is 0 Å². The van der Waals surface area contributed by atoms with Gasteiger partial charge in [0.15, 0.2) is 0 Å². The average Bonchev–Trinajstić information content (AvgIpc) is 3.17. The van der Waals surface area contributed by atoms with Crippen LogP contribution < -0.4 is 0 Å². The molecule has 1 aromatic rings. The lowest BCUT2D eigenvalue weighted by atomic mass is 9.92. The SMILES string of the molecule is C=CCN(CC(=O)N1CCC[C@@]1(CC=C)C(=O)OC)C(=O)OCc1ccccc1. The number of hydrogen-bond acceptors (Lipinski definition) is 5. The van der Waals surface area contributed by atoms with Crippen LogP contribution in [-0.2, 0) is 25.7 Å². The minimum absolute atomic E-state index is 0.105. The lowest BCUT2D eigenvalue weighted by Gasteiger charge is -2.36. The first-order valence-electron chi connectivity index (χ1n) is 9.54. The Morgan fingerprint density at radius 2 is 1.93 bits per heavy atom. The number of amides is 2. The van der Waals surface area contributed by atoms with E-state index in [1.54, 1.807) is 6.08 Å². The Morgan fingerprint density at radius 1 is 1.21 bits per heavy atom. The molecule has 0 unspecified atom stereocenters. The van der Waals surface area contributed by atoms with Gasteiger partial charge in [0.05, 0.1) is 7.11 Å². The van der Waals surface area contributed by atoms with Crippen molar-refractivity contribution in [1.82, 2.24) is 9.80 Å². The van der Waals surface area contributed by atoms with E-state index in [4.69, 9.17) is 9.47 Å². The number of benzene rings is 1. The molecular formula is C22H28N2O5. The van der Waals surface area contributed by atoms with Crippen molar-refractivity contribution in [2.24, 2.45) is 0 Å². The standard InChI is InChI=1S/C22H28N2O5/c1-4-12-22(20(26)28-3)13-9-15-24(22)19(25)16-23(14-5-2)21(27)29-17-18-10-7-6-8-11-18/h4-8,10-11H,1-2,9,12-17H2,3H3/t22-/m0/s1. The van der Waals surface area contributed by atoms with Crippen LogP contribution in [0.1, 0.15) is 24.8 Å². The van der Waals surface area contributed by atoms with Gasteiger partial charge in [-0.15, -0.1) is 13.2 Å². The topological polar surface area (TPSA) is 76.2 Å². The summed E-state index contributed by atoms with van der Waals surface area (Å²) in [5.41, 5.74) is -0.220. The molecule has 7 nitrogen and oxygen atoms in total. The summed E-state index contributed by atoms with van der Waals surface area (Å²) in [5, 5.41) is 0. The summed E-state index contributed by atoms with van der Waals surface area (Å²) in [6, 6.07) is 9.28. The lowest BCUT2D eigenvalue weighted by molar-refractivity contribution is -0.159. The highest BCUT2D eigenvalue weighted by molar-refractivity contribution is 5.91. The van der Waals surface area contributed by atoms with Gasteiger partial charge in [-0.2, -0.15) is 0 Å². The monoisotopic (exact) mass is 400 g/mol. The van der Waals surface area contributed by atoms with Crippen molar-refractivity contribution in [2.75, 3.05) is 26.7 Å². The molecule has 0 N–H and O–H groups in total. The Morgan fingerprint density at radius 3 is 2.55 bits per heavy atom. The van der Waals surface area contributed by atoms with Gasteiger partial charge in [0.1, 0.15) is 18.7 Å². The lowest BCUT2D eigenvalue weighted by Crippen LogP contribution is -2.56. The molecule has 2 rings (SSSR count). The summed E-state index contributed by atoms with van der Waals surface area (Å²) in [7, 11) is 1.30. The first-order valence-corrected chi connectivity index (χ1v) is 9.54. The highest BCUT2D eigenvalue weighted by Crippen LogP contribution is 2.34. The molecule has 0 aliphatic carbocycles. The fourth-order valence-electron chi connectivity index (χ4n) is 3.60. The molecule has 1 aliphatic heterocycles. The van der Waals surface area contributed by atoms with Crippen molar-refractivity contribution < 1.29 is 23.9 Å². The van der Waals surface area contributed by atoms with Gasteiger partial charge in [-0.1, -0.05) is 42.5 Å². The van der Waals surface area contributed by atoms with Crippen LogP contribution in [0.2, 0.25) is 0 Å². The molecule has 1 heterocycles. The summed E-state index contributed by atoms with van der Waals surface area (Å²) >= 11 is 0. The maximum Gasteiger partial charge on any atom is 0.410 e. The van der Waals surface area contributed by atoms with Crippen molar-refractivity contribution >= 4 is 18.0 Å². The van der Waals surface area contributed by atoms with Crippen molar-refractivity contribution in [3.63, 3.8) is 0 Å². The number of carbonyl (C=O) groups is 3. The van der Waals surface area contributed by atoms with Crippen LogP contribution in [0.5, 0.6) is 0 Å². The van der Waals surface area contributed by atoms with Crippen LogP contribution >= 0.6 is 0 Å². The van der Waals surface area contributed by atoms with Crippen LogP contribution in [0, 0.1) is 0 Å². The van der Waals surface area contributed by atoms with Gasteiger partial charge >= 0.3 is 12.1 Å². The second-order valence-electron chi connectivity index (χ2n) is 6.87. The van der Waals surface area contributed by atoms with E-state index in [2.05, 4.69) is 13.2 Å². The van der Waals surface area contributed by atoms with Crippen molar-refractivity contribution in [1.29, 1.82) is 0 Å². The van der Waals surface area contributed by atoms with E-state index in [0.29, 0.717) is 25.8 Å². The molecule has 0 bridgehead atoms. The van der Waals surface area contributed by atoms with E-state index in [-0.39, 0.29) is 25.6 Å². The van der Waals surface area contributed by atoms with Gasteiger partial charge in [-0.05, 0) is 24.8 Å². The van der Waals surface area contributed by atoms with Gasteiger partial charge in [0, 0.05) is 13.1 Å². The molecule has 0 saturated carbocycles. The first kappa shape index (κ1) is 22.2. The third kappa shape index (κ3) is 5.25. The normalized spacial score (nSPS) is 18.0. The summed E-state index contributed by atoms with van der Waals surface area (Å²) in [6.07, 6.45) is 3.99. The zero-order valence-corrected chi connectivity index (χ0v) is 16.8. The van der Waals surface area contributed by atoms with E-state index >= 15 is 0 Å². The van der Waals surface area contributed by atoms with Crippen LogP contribution in [0.25, 0.3) is 0 Å². The fourth-order valence-corrected chi connectivity index (χ4v) is 3.60. The van der Waals surface area contributed by atoms with E-state index in [0.717, 1.165) is 5.56 Å². The van der Waals surface area contributed by atoms with E-state index in [1.807, 2.05) is 30.3 Å². The van der Waals surface area contributed by atoms with Crippen molar-refractivity contribution in [3.05, 3.63) is 61.2 Å². The number of rotatable bonds is 9. The summed E-state index contributed by atoms with van der Waals surface area (Å²) in [6.45, 7) is 7.82. The number of esters is 1. The second-order valence-corrected chi connectivity index (χ2v) is 6.87. The van der Waals surface area contributed by atoms with E-state index < -0.39 is 17.6 Å². The summed E-state index contributed by atoms with van der Waals surface area (Å²) < 4.78 is 10.3. The van der Waals surface area contributed by atoms with E-state index in [9.17, 15) is 14.4 Å². The second kappa shape index (κ2) is 10.5. The predicted octanol–water partition coefficient (Wildman–Crippen LogP) is 2.92. The number of likely N-dealkylation sites (tertiary alicyclic amines) is 1. The van der Waals surface area contributed by atoms with Gasteiger partial charge in [0.25, 0.3) is 0 Å². The highest BCUT2D eigenvalue weighted by atomic mass is 16.6. The fraction of sp³-hybridized carbons (Fsp3) is 0.409. The number of nitrogens with zero attached hydrogens (tertiary/aromatic N) is 2. The number of hydrogen-bond donors (Lipinski definition) is 0. The van der Waals surface area contributed by atoms with Gasteiger partial charge < -0.3 is 14.4 Å². The molecule has 2 amide bonds. The van der Waals surface area contributed by atoms with Crippen LogP contribution in [0.4, 0.5) is 4.79 Å². The summed E-state index contributed by atoms with van der Waals surface area (Å²) in [4.78, 5) is 40.8. The molecule has 0 aromatic heterocycles. The third-order valence-electron chi connectivity index (χ3n) is 4.98.